The van der Waals surface area contributed by atoms with Gasteiger partial charge < -0.3 is 40.7 Å². The summed E-state index contributed by atoms with van der Waals surface area (Å²) in [5.41, 5.74) is 4.53. The fraction of sp³-hybridized carbons (Fsp3) is 0.686. The normalized spacial score (nSPS) is 18.4. The number of likely N-dealkylation sites (tertiary alicyclic amines) is 1. The molecule has 0 aliphatic carbocycles. The number of benzene rings is 1. The minimum Gasteiger partial charge on any atom is -0.465 e. The van der Waals surface area contributed by atoms with Crippen LogP contribution in [0.15, 0.2) is 29.2 Å². The number of ether oxygens (including phenoxy) is 2. The van der Waals surface area contributed by atoms with Crippen LogP contribution < -0.4 is 21.1 Å². The first-order chi connectivity index (χ1) is 24.1. The molecule has 0 aromatic heterocycles. The Bertz CT molecular complexity index is 1520. The molecule has 2 rings (SSSR count). The lowest BCUT2D eigenvalue weighted by atomic mass is 9.89. The number of nitrogens with zero attached hydrogens (tertiary/aromatic N) is 2. The molecule has 5 amide bonds. The van der Waals surface area contributed by atoms with Crippen LogP contribution in [0.3, 0.4) is 0 Å². The van der Waals surface area contributed by atoms with E-state index in [2.05, 4.69) is 15.4 Å². The third-order valence-electron chi connectivity index (χ3n) is 9.89. The molecule has 1 fully saturated rings. The highest BCUT2D eigenvalue weighted by Gasteiger charge is 2.43. The Hall–Kier alpha value is -3.96. The van der Waals surface area contributed by atoms with Crippen LogP contribution in [0.4, 0.5) is 10.5 Å². The van der Waals surface area contributed by atoms with E-state index in [1.165, 1.54) is 57.2 Å². The number of sulfonamides is 1. The van der Waals surface area contributed by atoms with Gasteiger partial charge in [0.15, 0.2) is 0 Å². The average Bonchev–Trinajstić information content (AvgIpc) is 3.55. The third kappa shape index (κ3) is 11.0. The van der Waals surface area contributed by atoms with Crippen molar-refractivity contribution in [3.8, 4) is 0 Å². The molecule has 1 aromatic carbocycles. The van der Waals surface area contributed by atoms with Crippen molar-refractivity contribution < 1.29 is 47.0 Å². The van der Waals surface area contributed by atoms with Crippen molar-refractivity contribution in [2.45, 2.75) is 115 Å². The monoisotopic (exact) mass is 754 g/mol. The minimum atomic E-state index is -4.19. The first-order valence-corrected chi connectivity index (χ1v) is 19.0. The van der Waals surface area contributed by atoms with E-state index in [0.29, 0.717) is 31.5 Å². The van der Waals surface area contributed by atoms with Crippen molar-refractivity contribution >= 4 is 45.4 Å². The van der Waals surface area contributed by atoms with Gasteiger partial charge in [0.2, 0.25) is 23.6 Å². The zero-order chi connectivity index (χ0) is 39.7. The van der Waals surface area contributed by atoms with Gasteiger partial charge in [0.1, 0.15) is 11.6 Å². The van der Waals surface area contributed by atoms with Crippen LogP contribution in [0.2, 0.25) is 0 Å². The summed E-state index contributed by atoms with van der Waals surface area (Å²) in [4.78, 5) is 68.7. The molecule has 0 unspecified atom stereocenters. The molecule has 1 aliphatic rings. The maximum absolute atomic E-state index is 14.0. The molecule has 1 heterocycles. The number of rotatable bonds is 18. The molecular formula is C35H58N6O10S. The summed E-state index contributed by atoms with van der Waals surface area (Å²) in [5, 5.41) is 14.0. The minimum absolute atomic E-state index is 0.115. The highest BCUT2D eigenvalue weighted by atomic mass is 32.2. The molecule has 16 nitrogen and oxygen atoms in total. The quantitative estimate of drug-likeness (QED) is 0.137. The van der Waals surface area contributed by atoms with Gasteiger partial charge in [0.25, 0.3) is 10.0 Å². The number of anilines is 1. The first-order valence-electron chi connectivity index (χ1n) is 17.5. The molecule has 1 aliphatic heterocycles. The van der Waals surface area contributed by atoms with Gasteiger partial charge in [-0.05, 0) is 62.8 Å². The molecule has 17 heteroatoms. The molecule has 1 saturated heterocycles. The lowest BCUT2D eigenvalue weighted by Crippen LogP contribution is -2.62. The molecule has 0 spiro atoms. The van der Waals surface area contributed by atoms with E-state index in [1.54, 1.807) is 32.7 Å². The Morgan fingerprint density at radius 3 is 2.15 bits per heavy atom. The van der Waals surface area contributed by atoms with Crippen molar-refractivity contribution in [1.29, 1.82) is 0 Å². The summed E-state index contributed by atoms with van der Waals surface area (Å²) in [6.07, 6.45) is -1.32. The average molecular weight is 755 g/mol. The molecule has 0 bridgehead atoms. The maximum Gasteiger partial charge on any atom is 0.405 e. The van der Waals surface area contributed by atoms with Gasteiger partial charge in [-0.2, -0.15) is 0 Å². The van der Waals surface area contributed by atoms with E-state index in [4.69, 9.17) is 15.2 Å². The van der Waals surface area contributed by atoms with Crippen molar-refractivity contribution in [1.82, 2.24) is 25.2 Å². The Balaban J connectivity index is 2.29. The Labute approximate surface area is 307 Å². The van der Waals surface area contributed by atoms with Gasteiger partial charge in [0.05, 0.1) is 41.5 Å². The lowest BCUT2D eigenvalue weighted by molar-refractivity contribution is -0.147. The molecule has 6 N–H and O–H groups in total. The smallest absolute Gasteiger partial charge is 0.405 e. The van der Waals surface area contributed by atoms with E-state index in [1.807, 2.05) is 13.8 Å². The molecule has 294 valence electrons. The van der Waals surface area contributed by atoms with Gasteiger partial charge in [-0.15, -0.1) is 0 Å². The Kier molecular flexibility index (Phi) is 15.9. The molecule has 52 heavy (non-hydrogen) atoms. The molecule has 0 radical (unpaired) electrons. The van der Waals surface area contributed by atoms with E-state index < -0.39 is 75.6 Å². The number of nitrogens with one attached hydrogen (secondary N) is 3. The highest BCUT2D eigenvalue weighted by molar-refractivity contribution is 7.90. The SMILES string of the molecule is CC[C@H](C)[C@@H]([C@@H](CC(=O)N1CCC[C@H]1[C@H](OC)[C@@H](C)C(=O)NS(=O)(=O)c1ccc(N)cc1)OC)N(C)C(=O)[C@@H](NC(=O)C(C)(C)NC(=O)O)C(C)C. The maximum atomic E-state index is 14.0. The van der Waals surface area contributed by atoms with Gasteiger partial charge >= 0.3 is 6.09 Å². The van der Waals surface area contributed by atoms with Crippen LogP contribution in [-0.4, -0.2) is 117 Å². The third-order valence-corrected chi connectivity index (χ3v) is 11.3. The summed E-state index contributed by atoms with van der Waals surface area (Å²) in [5.74, 6) is -3.65. The number of likely N-dealkylation sites (N-methyl/N-ethyl adjacent to an activating group) is 1. The van der Waals surface area contributed by atoms with Gasteiger partial charge in [-0.25, -0.2) is 17.9 Å². The lowest BCUT2D eigenvalue weighted by Gasteiger charge is -2.41. The van der Waals surface area contributed by atoms with E-state index >= 15 is 0 Å². The first kappa shape index (κ1) is 44.2. The summed E-state index contributed by atoms with van der Waals surface area (Å²) >= 11 is 0. The summed E-state index contributed by atoms with van der Waals surface area (Å²) in [6, 6.07) is 3.28. The standard InChI is InChI=1S/C35H58N6O10S/c1-11-21(4)29(40(8)32(44)28(20(2)3)37-33(45)35(6,7)38-34(46)47)26(50-9)19-27(42)41-18-12-13-25(41)30(51-10)22(5)31(43)39-52(48,49)24-16-14-23(36)15-17-24/h14-17,20-22,25-26,28-30,38H,11-13,18-19,36H2,1-10H3,(H,37,45)(H,39,43)(H,46,47)/t21-,22+,25-,26+,28-,29-,30+/m0/s1. The van der Waals surface area contributed by atoms with Crippen molar-refractivity contribution in [3.63, 3.8) is 0 Å². The molecular weight excluding hydrogens is 696 g/mol. The highest BCUT2D eigenvalue weighted by Crippen LogP contribution is 2.30. The summed E-state index contributed by atoms with van der Waals surface area (Å²) in [7, 11) is 0.268. The van der Waals surface area contributed by atoms with Crippen LogP contribution in [0, 0.1) is 17.8 Å². The Morgan fingerprint density at radius 2 is 1.65 bits per heavy atom. The number of hydrogen-bond acceptors (Lipinski definition) is 10. The number of carboxylic acid groups (broad SMARTS) is 1. The Morgan fingerprint density at radius 1 is 1.06 bits per heavy atom. The summed E-state index contributed by atoms with van der Waals surface area (Å²) < 4.78 is 39.6. The molecule has 1 aromatic rings. The van der Waals surface area contributed by atoms with E-state index in [0.717, 1.165) is 0 Å². The second-order valence-corrected chi connectivity index (χ2v) is 16.1. The number of nitrogen functional groups attached to an aromatic ring is 1. The van der Waals surface area contributed by atoms with Gasteiger partial charge in [-0.3, -0.25) is 19.2 Å². The van der Waals surface area contributed by atoms with Crippen LogP contribution in [-0.2, 0) is 38.7 Å². The van der Waals surface area contributed by atoms with Crippen LogP contribution >= 0.6 is 0 Å². The zero-order valence-corrected chi connectivity index (χ0v) is 32.8. The second-order valence-electron chi connectivity index (χ2n) is 14.4. The largest absolute Gasteiger partial charge is 0.465 e. The topological polar surface area (TPSA) is 227 Å². The van der Waals surface area contributed by atoms with Gasteiger partial charge in [0, 0.05) is 33.5 Å². The van der Waals surface area contributed by atoms with Gasteiger partial charge in [-0.1, -0.05) is 41.0 Å². The van der Waals surface area contributed by atoms with Crippen molar-refractivity contribution in [2.24, 2.45) is 17.8 Å². The number of carbonyl (C=O) groups excluding carboxylic acids is 4. The predicted molar refractivity (Wildman–Crippen MR) is 194 cm³/mol. The molecule has 7 atom stereocenters. The summed E-state index contributed by atoms with van der Waals surface area (Å²) in [6.45, 7) is 12.1. The number of hydrogen-bond donors (Lipinski definition) is 5. The van der Waals surface area contributed by atoms with Crippen LogP contribution in [0.25, 0.3) is 0 Å². The zero-order valence-electron chi connectivity index (χ0n) is 32.0. The van der Waals surface area contributed by atoms with Crippen LogP contribution in [0.5, 0.6) is 0 Å². The fourth-order valence-electron chi connectivity index (χ4n) is 6.62. The van der Waals surface area contributed by atoms with Crippen LogP contribution in [0.1, 0.15) is 74.1 Å². The van der Waals surface area contributed by atoms with E-state index in [-0.39, 0.29) is 29.1 Å². The fourth-order valence-corrected chi connectivity index (χ4v) is 7.68. The number of carbonyl (C=O) groups is 5. The molecule has 0 saturated carbocycles. The number of nitrogens with two attached hydrogens (primary N) is 1. The van der Waals surface area contributed by atoms with Crippen molar-refractivity contribution in [3.05, 3.63) is 24.3 Å². The second kappa shape index (κ2) is 18.7. The predicted octanol–water partition coefficient (Wildman–Crippen LogP) is 2.18. The number of methoxy groups -OCH3 is 2. The number of amides is 5. The van der Waals surface area contributed by atoms with E-state index in [9.17, 15) is 37.5 Å². The van der Waals surface area contributed by atoms with Crippen molar-refractivity contribution in [2.75, 3.05) is 33.5 Å².